The van der Waals surface area contributed by atoms with Gasteiger partial charge in [-0.25, -0.2) is 9.59 Å². The van der Waals surface area contributed by atoms with E-state index in [1.165, 1.54) is 10.6 Å². The Hall–Kier alpha value is -4.59. The summed E-state index contributed by atoms with van der Waals surface area (Å²) in [5, 5.41) is 6.74. The lowest BCUT2D eigenvalue weighted by Gasteiger charge is -2.12. The monoisotopic (exact) mass is 629 g/mol. The molecule has 0 bridgehead atoms. The van der Waals surface area contributed by atoms with Crippen LogP contribution in [0.15, 0.2) is 84.0 Å². The van der Waals surface area contributed by atoms with E-state index in [9.17, 15) is 31.1 Å². The summed E-state index contributed by atoms with van der Waals surface area (Å²) >= 11 is 5.64. The first-order valence-electron chi connectivity index (χ1n) is 12.2. The molecule has 2 aromatic carbocycles. The van der Waals surface area contributed by atoms with Gasteiger partial charge in [-0.2, -0.15) is 31.3 Å². The first-order chi connectivity index (χ1) is 20.2. The van der Waals surface area contributed by atoms with Crippen molar-refractivity contribution in [3.05, 3.63) is 111 Å². The molecule has 0 aliphatic rings. The van der Waals surface area contributed by atoms with Gasteiger partial charge in [-0.1, -0.05) is 29.8 Å². The maximum atomic E-state index is 13.0. The Morgan fingerprint density at radius 3 is 2.19 bits per heavy atom. The van der Waals surface area contributed by atoms with Gasteiger partial charge in [0.25, 0.3) is 0 Å². The third-order valence-electron chi connectivity index (χ3n) is 5.50. The maximum Gasteiger partial charge on any atom is 0.490 e. The van der Waals surface area contributed by atoms with Gasteiger partial charge in [-0.05, 0) is 53.9 Å². The third-order valence-corrected chi connectivity index (χ3v) is 5.83. The minimum Gasteiger partial charge on any atom is -0.477 e. The summed E-state index contributed by atoms with van der Waals surface area (Å²) in [4.78, 5) is 29.2. The number of benzene rings is 2. The molecule has 0 radical (unpaired) electrons. The van der Waals surface area contributed by atoms with Gasteiger partial charge in [-0.15, -0.1) is 0 Å². The van der Waals surface area contributed by atoms with Gasteiger partial charge in [0.2, 0.25) is 5.88 Å². The van der Waals surface area contributed by atoms with E-state index < -0.39 is 29.6 Å². The van der Waals surface area contributed by atoms with Crippen molar-refractivity contribution in [1.82, 2.24) is 14.5 Å². The summed E-state index contributed by atoms with van der Waals surface area (Å²) in [6, 6.07) is 15.7. The first-order valence-corrected chi connectivity index (χ1v) is 12.6. The minimum absolute atomic E-state index is 0.0315. The van der Waals surface area contributed by atoms with Gasteiger partial charge in [-0.3, -0.25) is 9.55 Å². The second-order valence-corrected chi connectivity index (χ2v) is 9.05. The zero-order chi connectivity index (χ0) is 31.6. The fourth-order valence-corrected chi connectivity index (χ4v) is 3.60. The normalized spacial score (nSPS) is 11.3. The zero-order valence-electron chi connectivity index (χ0n) is 21.9. The molecule has 0 unspecified atom stereocenters. The Labute approximate surface area is 245 Å². The van der Waals surface area contributed by atoms with Crippen LogP contribution in [0.3, 0.4) is 0 Å². The maximum absolute atomic E-state index is 13.0. The van der Waals surface area contributed by atoms with Crippen LogP contribution < -0.4 is 15.2 Å². The molecule has 228 valence electrons. The first kappa shape index (κ1) is 32.9. The highest BCUT2D eigenvalue weighted by Gasteiger charge is 2.38. The SMILES string of the molecule is O=C(O)C(F)(F)F.O=c1nc(OCCc2ccc(Oc3ccc(Cl)c(C(F)(F)F)c3)cc2)ccn1CCc1cccnc1. The highest BCUT2D eigenvalue weighted by molar-refractivity contribution is 6.31. The molecule has 2 heterocycles. The predicted molar refractivity (Wildman–Crippen MR) is 142 cm³/mol. The molecule has 1 N–H and O–H groups in total. The summed E-state index contributed by atoms with van der Waals surface area (Å²) in [6.07, 6.45) is -3.35. The molecule has 2 aromatic heterocycles. The molecule has 0 aliphatic heterocycles. The summed E-state index contributed by atoms with van der Waals surface area (Å²) in [5.41, 5.74) is 0.596. The zero-order valence-corrected chi connectivity index (χ0v) is 22.7. The summed E-state index contributed by atoms with van der Waals surface area (Å²) < 4.78 is 83.5. The number of alkyl halides is 6. The van der Waals surface area contributed by atoms with E-state index >= 15 is 0 Å². The average Bonchev–Trinajstić information content (AvgIpc) is 2.94. The Kier molecular flexibility index (Phi) is 11.1. The number of hydrogen-bond acceptors (Lipinski definition) is 6. The average molecular weight is 630 g/mol. The van der Waals surface area contributed by atoms with Gasteiger partial charge in [0.15, 0.2) is 0 Å². The molecule has 4 aromatic rings. The van der Waals surface area contributed by atoms with Crippen molar-refractivity contribution in [1.29, 1.82) is 0 Å². The van der Waals surface area contributed by atoms with E-state index in [2.05, 4.69) is 9.97 Å². The van der Waals surface area contributed by atoms with Crippen LogP contribution in [0.5, 0.6) is 17.4 Å². The van der Waals surface area contributed by atoms with Crippen molar-refractivity contribution < 1.29 is 45.7 Å². The van der Waals surface area contributed by atoms with E-state index in [1.54, 1.807) is 48.9 Å². The van der Waals surface area contributed by atoms with E-state index in [4.69, 9.17) is 31.0 Å². The number of carboxylic acids is 1. The molecule has 0 atom stereocenters. The highest BCUT2D eigenvalue weighted by atomic mass is 35.5. The van der Waals surface area contributed by atoms with Crippen molar-refractivity contribution in [3.8, 4) is 17.4 Å². The van der Waals surface area contributed by atoms with E-state index in [0.717, 1.165) is 23.3 Å². The molecule has 43 heavy (non-hydrogen) atoms. The topological polar surface area (TPSA) is 104 Å². The van der Waals surface area contributed by atoms with Crippen molar-refractivity contribution in [2.45, 2.75) is 31.7 Å². The van der Waals surface area contributed by atoms with Crippen molar-refractivity contribution in [2.24, 2.45) is 0 Å². The molecule has 0 fully saturated rings. The standard InChI is InChI=1S/C26H21ClF3N3O3.C2HF3O2/c27-23-8-7-21(16-22(23)26(28,29)30)36-20-5-3-18(4-6-20)11-15-35-24-10-14-33(25(34)32-24)13-9-19-2-1-12-31-17-19;3-2(4,5)1(6)7/h1-8,10,12,14,16-17H,9,11,13,15H2;(H,6,7). The van der Waals surface area contributed by atoms with Gasteiger partial charge in [0.1, 0.15) is 11.5 Å². The Balaban J connectivity index is 0.000000646. The molecule has 8 nitrogen and oxygen atoms in total. The van der Waals surface area contributed by atoms with Crippen LogP contribution in [0.1, 0.15) is 16.7 Å². The molecular weight excluding hydrogens is 608 g/mol. The van der Waals surface area contributed by atoms with Crippen molar-refractivity contribution >= 4 is 17.6 Å². The number of nitrogens with zero attached hydrogens (tertiary/aromatic N) is 3. The Bertz CT molecular complexity index is 1560. The molecule has 4 rings (SSSR count). The second kappa shape index (κ2) is 14.5. The third kappa shape index (κ3) is 10.6. The number of rotatable bonds is 9. The smallest absolute Gasteiger partial charge is 0.477 e. The minimum atomic E-state index is -5.08. The van der Waals surface area contributed by atoms with E-state index in [-0.39, 0.29) is 16.7 Å². The van der Waals surface area contributed by atoms with Gasteiger partial charge < -0.3 is 14.6 Å². The molecular formula is C28H22ClF6N3O5. The van der Waals surface area contributed by atoms with Crippen LogP contribution in [0.25, 0.3) is 0 Å². The lowest BCUT2D eigenvalue weighted by Crippen LogP contribution is -2.23. The Morgan fingerprint density at radius 1 is 0.930 bits per heavy atom. The predicted octanol–water partition coefficient (Wildman–Crippen LogP) is 6.60. The van der Waals surface area contributed by atoms with E-state index in [1.807, 2.05) is 12.1 Å². The summed E-state index contributed by atoms with van der Waals surface area (Å²) in [7, 11) is 0. The highest BCUT2D eigenvalue weighted by Crippen LogP contribution is 2.37. The summed E-state index contributed by atoms with van der Waals surface area (Å²) in [6.45, 7) is 0.776. The van der Waals surface area contributed by atoms with Gasteiger partial charge in [0, 0.05) is 37.6 Å². The molecule has 0 saturated heterocycles. The lowest BCUT2D eigenvalue weighted by atomic mass is 10.1. The van der Waals surface area contributed by atoms with Gasteiger partial charge in [0.05, 0.1) is 17.2 Å². The van der Waals surface area contributed by atoms with Crippen LogP contribution in [-0.2, 0) is 30.4 Å². The molecule has 0 saturated carbocycles. The number of aromatic nitrogens is 3. The van der Waals surface area contributed by atoms with Crippen LogP contribution in [0.4, 0.5) is 26.3 Å². The van der Waals surface area contributed by atoms with Crippen LogP contribution in [-0.4, -0.2) is 38.4 Å². The van der Waals surface area contributed by atoms with E-state index in [0.29, 0.717) is 31.7 Å². The molecule has 0 spiro atoms. The second-order valence-electron chi connectivity index (χ2n) is 8.64. The molecule has 0 amide bonds. The fraction of sp³-hybridized carbons (Fsp3) is 0.214. The number of aliphatic carboxylic acids is 1. The Morgan fingerprint density at radius 2 is 1.60 bits per heavy atom. The van der Waals surface area contributed by atoms with Crippen LogP contribution in [0, 0.1) is 0 Å². The number of carbonyl (C=O) groups is 1. The number of halogens is 7. The number of pyridine rings is 1. The fourth-order valence-electron chi connectivity index (χ4n) is 3.38. The number of ether oxygens (including phenoxy) is 2. The molecule has 15 heteroatoms. The van der Waals surface area contributed by atoms with Crippen molar-refractivity contribution in [3.63, 3.8) is 0 Å². The largest absolute Gasteiger partial charge is 0.490 e. The summed E-state index contributed by atoms with van der Waals surface area (Å²) in [5.74, 6) is -2.11. The van der Waals surface area contributed by atoms with Crippen molar-refractivity contribution in [2.75, 3.05) is 6.61 Å². The van der Waals surface area contributed by atoms with Crippen LogP contribution in [0.2, 0.25) is 5.02 Å². The number of aryl methyl sites for hydroxylation is 2. The van der Waals surface area contributed by atoms with Crippen LogP contribution >= 0.6 is 11.6 Å². The van der Waals surface area contributed by atoms with Gasteiger partial charge >= 0.3 is 24.0 Å². The number of hydrogen-bond donors (Lipinski definition) is 1. The lowest BCUT2D eigenvalue weighted by molar-refractivity contribution is -0.192. The number of carboxylic acid groups (broad SMARTS) is 1. The molecule has 0 aliphatic carbocycles. The quantitative estimate of drug-likeness (QED) is 0.208.